The van der Waals surface area contributed by atoms with Crippen molar-refractivity contribution < 1.29 is 13.2 Å². The van der Waals surface area contributed by atoms with E-state index in [0.717, 1.165) is 6.20 Å². The highest BCUT2D eigenvalue weighted by Crippen LogP contribution is 2.29. The Hall–Kier alpha value is -1.88. The van der Waals surface area contributed by atoms with Crippen molar-refractivity contribution in [3.63, 3.8) is 0 Å². The molecule has 19 heavy (non-hydrogen) atoms. The first-order chi connectivity index (χ1) is 8.84. The average molecular weight is 266 g/mol. The molecule has 5 heteroatoms. The highest BCUT2D eigenvalue weighted by atomic mass is 19.2. The molecule has 0 aliphatic rings. The number of halogens is 3. The Morgan fingerprint density at radius 2 is 1.74 bits per heavy atom. The Balaban J connectivity index is 2.56. The van der Waals surface area contributed by atoms with E-state index in [0.29, 0.717) is 0 Å². The molecule has 1 aromatic carbocycles. The van der Waals surface area contributed by atoms with E-state index in [9.17, 15) is 13.2 Å². The number of nitrogens with zero attached hydrogens (tertiary/aromatic N) is 1. The standard InChI is InChI=1S/C14H13F3N2/c1-8-3-5-10(13(17)12(8)16)14(2,18)11-6-4-9(15)7-19-11/h3-7H,18H2,1-2H3. The number of benzene rings is 1. The van der Waals surface area contributed by atoms with Crippen molar-refractivity contribution in [3.8, 4) is 0 Å². The van der Waals surface area contributed by atoms with E-state index in [1.165, 1.54) is 38.1 Å². The second kappa shape index (κ2) is 4.66. The van der Waals surface area contributed by atoms with Gasteiger partial charge in [0, 0.05) is 5.56 Å². The van der Waals surface area contributed by atoms with Gasteiger partial charge in [0.2, 0.25) is 0 Å². The van der Waals surface area contributed by atoms with Gasteiger partial charge in [-0.05, 0) is 31.5 Å². The number of aryl methyl sites for hydroxylation is 1. The topological polar surface area (TPSA) is 38.9 Å². The van der Waals surface area contributed by atoms with Gasteiger partial charge in [-0.15, -0.1) is 0 Å². The zero-order chi connectivity index (χ0) is 14.2. The Morgan fingerprint density at radius 3 is 2.32 bits per heavy atom. The molecule has 100 valence electrons. The Labute approximate surface area is 109 Å². The molecule has 2 aromatic rings. The predicted octanol–water partition coefficient (Wildman–Crippen LogP) is 3.03. The summed E-state index contributed by atoms with van der Waals surface area (Å²) >= 11 is 0. The smallest absolute Gasteiger partial charge is 0.164 e. The summed E-state index contributed by atoms with van der Waals surface area (Å²) in [6, 6.07) is 5.39. The summed E-state index contributed by atoms with van der Waals surface area (Å²) in [5.41, 5.74) is 5.14. The number of nitrogens with two attached hydrogens (primary N) is 1. The molecule has 1 heterocycles. The van der Waals surface area contributed by atoms with Crippen molar-refractivity contribution >= 4 is 0 Å². The first kappa shape index (κ1) is 13.5. The molecule has 1 unspecified atom stereocenters. The van der Waals surface area contributed by atoms with Gasteiger partial charge in [0.05, 0.1) is 17.4 Å². The van der Waals surface area contributed by atoms with Crippen LogP contribution in [0.15, 0.2) is 30.5 Å². The molecular formula is C14H13F3N2. The van der Waals surface area contributed by atoms with Crippen molar-refractivity contribution in [2.45, 2.75) is 19.4 Å². The molecule has 0 aliphatic heterocycles. The van der Waals surface area contributed by atoms with Gasteiger partial charge in [-0.25, -0.2) is 13.2 Å². The number of pyridine rings is 1. The maximum atomic E-state index is 14.0. The minimum Gasteiger partial charge on any atom is -0.317 e. The van der Waals surface area contributed by atoms with Crippen LogP contribution in [0.1, 0.15) is 23.7 Å². The molecular weight excluding hydrogens is 253 g/mol. The summed E-state index contributed by atoms with van der Waals surface area (Å²) in [6.07, 6.45) is 0.989. The lowest BCUT2D eigenvalue weighted by atomic mass is 9.88. The molecule has 2 nitrogen and oxygen atoms in total. The Bertz CT molecular complexity index is 607. The van der Waals surface area contributed by atoms with Gasteiger partial charge < -0.3 is 5.73 Å². The average Bonchev–Trinajstić information content (AvgIpc) is 2.36. The highest BCUT2D eigenvalue weighted by molar-refractivity contribution is 5.36. The molecule has 1 aromatic heterocycles. The van der Waals surface area contributed by atoms with Crippen LogP contribution >= 0.6 is 0 Å². The van der Waals surface area contributed by atoms with Crippen LogP contribution in [0.4, 0.5) is 13.2 Å². The molecule has 0 saturated carbocycles. The van der Waals surface area contributed by atoms with Gasteiger partial charge in [0.1, 0.15) is 5.82 Å². The highest BCUT2D eigenvalue weighted by Gasteiger charge is 2.30. The van der Waals surface area contributed by atoms with E-state index in [4.69, 9.17) is 5.73 Å². The van der Waals surface area contributed by atoms with Crippen LogP contribution in [-0.4, -0.2) is 4.98 Å². The van der Waals surface area contributed by atoms with Crippen molar-refractivity contribution in [2.75, 3.05) is 0 Å². The maximum Gasteiger partial charge on any atom is 0.164 e. The normalized spacial score (nSPS) is 14.2. The lowest BCUT2D eigenvalue weighted by Crippen LogP contribution is -2.36. The van der Waals surface area contributed by atoms with Crippen molar-refractivity contribution in [2.24, 2.45) is 5.73 Å². The quantitative estimate of drug-likeness (QED) is 0.907. The van der Waals surface area contributed by atoms with Gasteiger partial charge >= 0.3 is 0 Å². The zero-order valence-electron chi connectivity index (χ0n) is 10.5. The summed E-state index contributed by atoms with van der Waals surface area (Å²) in [4.78, 5) is 3.83. The lowest BCUT2D eigenvalue weighted by Gasteiger charge is -2.25. The molecule has 0 aliphatic carbocycles. The van der Waals surface area contributed by atoms with Gasteiger partial charge in [-0.1, -0.05) is 12.1 Å². The summed E-state index contributed by atoms with van der Waals surface area (Å²) in [5.74, 6) is -2.46. The number of hydrogen-bond donors (Lipinski definition) is 1. The van der Waals surface area contributed by atoms with Crippen LogP contribution in [0.25, 0.3) is 0 Å². The predicted molar refractivity (Wildman–Crippen MR) is 65.9 cm³/mol. The first-order valence-corrected chi connectivity index (χ1v) is 5.70. The second-order valence-corrected chi connectivity index (χ2v) is 4.62. The first-order valence-electron chi connectivity index (χ1n) is 5.70. The van der Waals surface area contributed by atoms with Crippen LogP contribution in [0, 0.1) is 24.4 Å². The third-order valence-corrected chi connectivity index (χ3v) is 3.09. The van der Waals surface area contributed by atoms with E-state index in [1.807, 2.05) is 0 Å². The van der Waals surface area contributed by atoms with E-state index in [2.05, 4.69) is 4.98 Å². The minimum absolute atomic E-state index is 0.0188. The Kier molecular flexibility index (Phi) is 3.32. The molecule has 2 N–H and O–H groups in total. The van der Waals surface area contributed by atoms with Crippen LogP contribution in [0.3, 0.4) is 0 Å². The maximum absolute atomic E-state index is 14.0. The van der Waals surface area contributed by atoms with Crippen molar-refractivity contribution in [3.05, 3.63) is 64.7 Å². The fourth-order valence-corrected chi connectivity index (χ4v) is 1.87. The molecule has 0 bridgehead atoms. The van der Waals surface area contributed by atoms with Gasteiger partial charge in [-0.3, -0.25) is 4.98 Å². The molecule has 0 saturated heterocycles. The fraction of sp³-hybridized carbons (Fsp3) is 0.214. The number of aromatic nitrogens is 1. The van der Waals surface area contributed by atoms with E-state index >= 15 is 0 Å². The van der Waals surface area contributed by atoms with Crippen LogP contribution < -0.4 is 5.73 Å². The largest absolute Gasteiger partial charge is 0.317 e. The molecule has 0 radical (unpaired) electrons. The summed E-state index contributed by atoms with van der Waals surface area (Å²) in [6.45, 7) is 2.96. The van der Waals surface area contributed by atoms with Gasteiger partial charge in [-0.2, -0.15) is 0 Å². The SMILES string of the molecule is Cc1ccc(C(C)(N)c2ccc(F)cn2)c(F)c1F. The van der Waals surface area contributed by atoms with E-state index < -0.39 is 23.0 Å². The summed E-state index contributed by atoms with van der Waals surface area (Å²) in [7, 11) is 0. The molecule has 1 atom stereocenters. The lowest BCUT2D eigenvalue weighted by molar-refractivity contribution is 0.460. The third-order valence-electron chi connectivity index (χ3n) is 3.09. The molecule has 0 spiro atoms. The molecule has 2 rings (SSSR count). The monoisotopic (exact) mass is 266 g/mol. The summed E-state index contributed by atoms with van der Waals surface area (Å²) in [5, 5.41) is 0. The van der Waals surface area contributed by atoms with Crippen LogP contribution in [-0.2, 0) is 5.54 Å². The fourth-order valence-electron chi connectivity index (χ4n) is 1.87. The number of rotatable bonds is 2. The van der Waals surface area contributed by atoms with Crippen molar-refractivity contribution in [1.29, 1.82) is 0 Å². The van der Waals surface area contributed by atoms with E-state index in [1.54, 1.807) is 0 Å². The van der Waals surface area contributed by atoms with Crippen LogP contribution in [0.5, 0.6) is 0 Å². The molecule has 0 fully saturated rings. The van der Waals surface area contributed by atoms with Crippen LogP contribution in [0.2, 0.25) is 0 Å². The molecule has 0 amide bonds. The van der Waals surface area contributed by atoms with Gasteiger partial charge in [0.15, 0.2) is 11.6 Å². The second-order valence-electron chi connectivity index (χ2n) is 4.62. The van der Waals surface area contributed by atoms with Crippen molar-refractivity contribution in [1.82, 2.24) is 4.98 Å². The van der Waals surface area contributed by atoms with E-state index in [-0.39, 0.29) is 16.8 Å². The van der Waals surface area contributed by atoms with Gasteiger partial charge in [0.25, 0.3) is 0 Å². The Morgan fingerprint density at radius 1 is 1.05 bits per heavy atom. The summed E-state index contributed by atoms with van der Waals surface area (Å²) < 4.78 is 40.4. The zero-order valence-corrected chi connectivity index (χ0v) is 10.5. The third kappa shape index (κ3) is 2.33. The minimum atomic E-state index is -1.34. The number of hydrogen-bond acceptors (Lipinski definition) is 2.